The zero-order chi connectivity index (χ0) is 17.7. The predicted octanol–water partition coefficient (Wildman–Crippen LogP) is 2.51. The number of nitro groups is 1. The topological polar surface area (TPSA) is 107 Å². The number of benzene rings is 1. The van der Waals surface area contributed by atoms with Crippen molar-refractivity contribution in [2.75, 3.05) is 5.32 Å². The molecule has 0 bridgehead atoms. The Kier molecular flexibility index (Phi) is 5.41. The lowest BCUT2D eigenvalue weighted by molar-refractivity contribution is -0.383. The van der Waals surface area contributed by atoms with Crippen LogP contribution in [0.25, 0.3) is 0 Å². The van der Waals surface area contributed by atoms with Crippen LogP contribution in [0.1, 0.15) is 35.8 Å². The lowest BCUT2D eigenvalue weighted by Crippen LogP contribution is -2.26. The lowest BCUT2D eigenvalue weighted by atomic mass is 10.1. The Bertz CT molecular complexity index is 829. The highest BCUT2D eigenvalue weighted by atomic mass is 16.6. The number of hydrogen-bond donors (Lipinski definition) is 1. The van der Waals surface area contributed by atoms with E-state index in [1.54, 1.807) is 19.1 Å². The lowest BCUT2D eigenvalue weighted by Gasteiger charge is -2.09. The van der Waals surface area contributed by atoms with E-state index in [1.165, 1.54) is 22.9 Å². The Morgan fingerprint density at radius 1 is 1.33 bits per heavy atom. The fraction of sp³-hybridized carbons (Fsp3) is 0.312. The second-order valence-electron chi connectivity index (χ2n) is 5.31. The molecule has 0 atom stereocenters. The van der Waals surface area contributed by atoms with E-state index in [2.05, 4.69) is 10.4 Å². The molecular formula is C16H18N4O4. The minimum absolute atomic E-state index is 0.0308. The maximum atomic E-state index is 12.4. The maximum absolute atomic E-state index is 12.4. The average molecular weight is 330 g/mol. The molecular weight excluding hydrogens is 312 g/mol. The zero-order valence-corrected chi connectivity index (χ0v) is 13.5. The summed E-state index contributed by atoms with van der Waals surface area (Å²) in [6.07, 6.45) is 1.65. The Hall–Kier alpha value is -3.03. The van der Waals surface area contributed by atoms with Crippen molar-refractivity contribution < 1.29 is 9.72 Å². The van der Waals surface area contributed by atoms with Crippen molar-refractivity contribution in [3.63, 3.8) is 0 Å². The van der Waals surface area contributed by atoms with Gasteiger partial charge in [-0.2, -0.15) is 5.10 Å². The molecule has 24 heavy (non-hydrogen) atoms. The Balaban J connectivity index is 2.31. The number of nitrogens with one attached hydrogen (secondary N) is 1. The van der Waals surface area contributed by atoms with E-state index in [0.29, 0.717) is 12.1 Å². The van der Waals surface area contributed by atoms with Gasteiger partial charge in [0.05, 0.1) is 4.92 Å². The molecule has 0 aliphatic carbocycles. The molecule has 0 saturated carbocycles. The number of carbonyl (C=O) groups excluding carboxylic acids is 1. The van der Waals surface area contributed by atoms with Gasteiger partial charge < -0.3 is 5.32 Å². The highest BCUT2D eigenvalue weighted by Crippen LogP contribution is 2.27. The Morgan fingerprint density at radius 3 is 2.75 bits per heavy atom. The zero-order valence-electron chi connectivity index (χ0n) is 13.5. The fourth-order valence-electron chi connectivity index (χ4n) is 2.18. The molecule has 8 heteroatoms. The molecule has 0 fully saturated rings. The van der Waals surface area contributed by atoms with Crippen LogP contribution in [0.5, 0.6) is 0 Å². The van der Waals surface area contributed by atoms with Crippen molar-refractivity contribution in [2.45, 2.75) is 33.2 Å². The van der Waals surface area contributed by atoms with E-state index >= 15 is 0 Å². The number of rotatable bonds is 6. The quantitative estimate of drug-likeness (QED) is 0.647. The van der Waals surface area contributed by atoms with Crippen LogP contribution in [0.4, 0.5) is 11.4 Å². The smallest absolute Gasteiger partial charge is 0.293 e. The number of unbranched alkanes of at least 4 members (excludes halogenated alkanes) is 1. The summed E-state index contributed by atoms with van der Waals surface area (Å²) >= 11 is 0. The number of aromatic nitrogens is 2. The Morgan fingerprint density at radius 2 is 2.08 bits per heavy atom. The number of carbonyl (C=O) groups is 1. The van der Waals surface area contributed by atoms with E-state index in [-0.39, 0.29) is 22.6 Å². The molecule has 0 aliphatic heterocycles. The molecule has 1 aromatic carbocycles. The summed E-state index contributed by atoms with van der Waals surface area (Å²) in [4.78, 5) is 34.6. The van der Waals surface area contributed by atoms with Crippen molar-refractivity contribution in [2.24, 2.45) is 0 Å². The van der Waals surface area contributed by atoms with Gasteiger partial charge in [-0.05, 0) is 25.0 Å². The van der Waals surface area contributed by atoms with Crippen LogP contribution in [0.3, 0.4) is 0 Å². The molecule has 126 valence electrons. The summed E-state index contributed by atoms with van der Waals surface area (Å²) in [5, 5.41) is 17.7. The van der Waals surface area contributed by atoms with Gasteiger partial charge in [-0.25, -0.2) is 4.68 Å². The van der Waals surface area contributed by atoms with E-state index in [4.69, 9.17) is 0 Å². The first-order valence-electron chi connectivity index (χ1n) is 7.57. The maximum Gasteiger partial charge on any atom is 0.293 e. The molecule has 1 amide bonds. The highest BCUT2D eigenvalue weighted by molar-refractivity contribution is 6.04. The van der Waals surface area contributed by atoms with Gasteiger partial charge in [0.15, 0.2) is 0 Å². The van der Waals surface area contributed by atoms with Crippen molar-refractivity contribution >= 4 is 17.3 Å². The van der Waals surface area contributed by atoms with E-state index in [1.807, 2.05) is 6.92 Å². The second kappa shape index (κ2) is 7.49. The largest absolute Gasteiger partial charge is 0.315 e. The van der Waals surface area contributed by atoms with Crippen molar-refractivity contribution in [1.29, 1.82) is 0 Å². The predicted molar refractivity (Wildman–Crippen MR) is 89.2 cm³/mol. The minimum atomic E-state index is -0.599. The van der Waals surface area contributed by atoms with E-state index in [9.17, 15) is 19.7 Å². The van der Waals surface area contributed by atoms with Crippen LogP contribution in [-0.2, 0) is 6.54 Å². The fourth-order valence-corrected chi connectivity index (χ4v) is 2.18. The van der Waals surface area contributed by atoms with Gasteiger partial charge in [0.25, 0.3) is 17.2 Å². The van der Waals surface area contributed by atoms with Gasteiger partial charge in [0, 0.05) is 18.7 Å². The number of para-hydroxylation sites is 1. The molecule has 8 nitrogen and oxygen atoms in total. The van der Waals surface area contributed by atoms with Crippen LogP contribution in [-0.4, -0.2) is 20.6 Å². The number of hydrogen-bond acceptors (Lipinski definition) is 5. The number of amides is 1. The summed E-state index contributed by atoms with van der Waals surface area (Å²) in [6.45, 7) is 4.07. The average Bonchev–Trinajstić information content (AvgIpc) is 2.55. The summed E-state index contributed by atoms with van der Waals surface area (Å²) in [5.41, 5.74) is 0.241. The molecule has 0 radical (unpaired) electrons. The molecule has 2 rings (SSSR count). The third-order valence-corrected chi connectivity index (χ3v) is 3.51. The number of aryl methyl sites for hydroxylation is 2. The van der Waals surface area contributed by atoms with Gasteiger partial charge in [0.2, 0.25) is 0 Å². The summed E-state index contributed by atoms with van der Waals surface area (Å²) in [6, 6.07) is 7.11. The molecule has 0 spiro atoms. The molecule has 0 saturated heterocycles. The molecule has 0 aliphatic rings. The van der Waals surface area contributed by atoms with Gasteiger partial charge in [0.1, 0.15) is 11.4 Å². The Labute approximate surface area is 138 Å². The van der Waals surface area contributed by atoms with Crippen molar-refractivity contribution in [3.8, 4) is 0 Å². The third kappa shape index (κ3) is 3.83. The summed E-state index contributed by atoms with van der Waals surface area (Å²) in [5.74, 6) is -0.599. The molecule has 2 aromatic rings. The number of nitrogens with zero attached hydrogens (tertiary/aromatic N) is 3. The van der Waals surface area contributed by atoms with Gasteiger partial charge in [-0.1, -0.05) is 25.5 Å². The highest BCUT2D eigenvalue weighted by Gasteiger charge is 2.19. The third-order valence-electron chi connectivity index (χ3n) is 3.51. The van der Waals surface area contributed by atoms with Crippen molar-refractivity contribution in [1.82, 2.24) is 9.78 Å². The number of anilines is 1. The van der Waals surface area contributed by atoms with Gasteiger partial charge in [-0.3, -0.25) is 19.7 Å². The standard InChI is InChI=1S/C16H18N4O4/c1-3-4-10-19-14(21)9-8-12(18-19)16(22)17-15-11(2)6-5-7-13(15)20(23)24/h5-9H,3-4,10H2,1-2H3,(H,17,22). The molecule has 1 N–H and O–H groups in total. The van der Waals surface area contributed by atoms with E-state index in [0.717, 1.165) is 12.8 Å². The molecule has 0 unspecified atom stereocenters. The first-order chi connectivity index (χ1) is 11.4. The van der Waals surface area contributed by atoms with Crippen LogP contribution < -0.4 is 10.9 Å². The van der Waals surface area contributed by atoms with Gasteiger partial charge in [-0.15, -0.1) is 0 Å². The van der Waals surface area contributed by atoms with Crippen LogP contribution >= 0.6 is 0 Å². The summed E-state index contributed by atoms with van der Waals surface area (Å²) < 4.78 is 1.23. The SMILES string of the molecule is CCCCn1nc(C(=O)Nc2c(C)cccc2[N+](=O)[O-])ccc1=O. The van der Waals surface area contributed by atoms with Gasteiger partial charge >= 0.3 is 0 Å². The normalized spacial score (nSPS) is 10.4. The van der Waals surface area contributed by atoms with Crippen molar-refractivity contribution in [3.05, 3.63) is 62.1 Å². The summed E-state index contributed by atoms with van der Waals surface area (Å²) in [7, 11) is 0. The second-order valence-corrected chi connectivity index (χ2v) is 5.31. The minimum Gasteiger partial charge on any atom is -0.315 e. The van der Waals surface area contributed by atoms with E-state index < -0.39 is 10.8 Å². The molecule has 1 heterocycles. The van der Waals surface area contributed by atoms with Crippen LogP contribution in [0.2, 0.25) is 0 Å². The first kappa shape index (κ1) is 17.3. The first-order valence-corrected chi connectivity index (χ1v) is 7.57. The molecule has 1 aromatic heterocycles. The number of nitro benzene ring substituents is 1. The van der Waals surface area contributed by atoms with Crippen LogP contribution in [0.15, 0.2) is 35.1 Å². The monoisotopic (exact) mass is 330 g/mol. The van der Waals surface area contributed by atoms with Crippen LogP contribution in [0, 0.1) is 17.0 Å².